The average Bonchev–Trinajstić information content (AvgIpc) is 2.97. The molecule has 0 fully saturated rings. The van der Waals surface area contributed by atoms with Crippen molar-refractivity contribution in [3.8, 4) is 0 Å². The molecule has 0 aromatic heterocycles. The van der Waals surface area contributed by atoms with E-state index in [2.05, 4.69) is 149 Å². The van der Waals surface area contributed by atoms with Crippen LogP contribution >= 0.6 is 15.8 Å². The highest BCUT2D eigenvalue weighted by atomic mass is 31.1. The fraction of sp³-hybridized carbons (Fsp3) is 0.189. The first-order chi connectivity index (χ1) is 19.4. The topological polar surface area (TPSA) is 3.24 Å². The maximum Gasteiger partial charge on any atom is 0.0629 e. The molecule has 1 nitrogen and oxygen atoms in total. The number of fused-ring (bicyclic) bond motifs is 4. The SMILES string of the molecule is Cc1cc2c3c(c1)P(c1ccccc1)c1cc(C(C)C)ccc1N3c1ccc(C(C)C)cc1P2c1ccccc1. The standard InChI is InChI=1S/C37H35NP2/c1-24(2)27-16-18-31-33(22-27)39(29-12-8-6-9-13-29)35-20-26(5)21-36-37(35)38(31)32-19-17-28(25(3)4)23-34(32)40(36)30-14-10-7-11-15-30/h6-25H,1-5H3. The van der Waals surface area contributed by atoms with Gasteiger partial charge in [0.1, 0.15) is 0 Å². The highest BCUT2D eigenvalue weighted by molar-refractivity contribution is 7.82. The van der Waals surface area contributed by atoms with Gasteiger partial charge in [-0.05, 0) is 98.3 Å². The molecule has 3 heteroatoms. The molecule has 40 heavy (non-hydrogen) atoms. The minimum absolute atomic E-state index is 0.487. The molecule has 198 valence electrons. The second-order valence-electron chi connectivity index (χ2n) is 11.6. The van der Waals surface area contributed by atoms with E-state index >= 15 is 0 Å². The van der Waals surface area contributed by atoms with Crippen LogP contribution in [0, 0.1) is 6.92 Å². The molecule has 0 N–H and O–H groups in total. The summed E-state index contributed by atoms with van der Waals surface area (Å²) in [5.41, 5.74) is 8.30. The van der Waals surface area contributed by atoms with Crippen LogP contribution in [0.4, 0.5) is 17.1 Å². The Kier molecular flexibility index (Phi) is 6.42. The van der Waals surface area contributed by atoms with Gasteiger partial charge in [-0.2, -0.15) is 0 Å². The molecule has 2 unspecified atom stereocenters. The summed E-state index contributed by atoms with van der Waals surface area (Å²) in [6.07, 6.45) is 0. The van der Waals surface area contributed by atoms with Gasteiger partial charge in [0.25, 0.3) is 0 Å². The Morgan fingerprint density at radius 3 is 1.32 bits per heavy atom. The van der Waals surface area contributed by atoms with E-state index in [1.54, 1.807) is 0 Å². The monoisotopic (exact) mass is 555 g/mol. The Hall–Kier alpha value is -3.24. The molecule has 7 rings (SSSR count). The first kappa shape index (κ1) is 25.7. The molecule has 0 aliphatic carbocycles. The van der Waals surface area contributed by atoms with Gasteiger partial charge in [-0.25, -0.2) is 0 Å². The highest BCUT2D eigenvalue weighted by Gasteiger charge is 2.41. The van der Waals surface area contributed by atoms with E-state index < -0.39 is 15.8 Å². The van der Waals surface area contributed by atoms with Crippen molar-refractivity contribution in [1.29, 1.82) is 0 Å². The van der Waals surface area contributed by atoms with Crippen molar-refractivity contribution < 1.29 is 0 Å². The molecule has 0 saturated heterocycles. The number of anilines is 3. The maximum atomic E-state index is 2.62. The van der Waals surface area contributed by atoms with E-state index in [0.29, 0.717) is 11.8 Å². The summed E-state index contributed by atoms with van der Waals surface area (Å²) in [5, 5.41) is 8.79. The summed E-state index contributed by atoms with van der Waals surface area (Å²) in [6, 6.07) is 42.0. The van der Waals surface area contributed by atoms with Crippen molar-refractivity contribution in [2.24, 2.45) is 0 Å². The smallest absolute Gasteiger partial charge is 0.0629 e. The molecular weight excluding hydrogens is 520 g/mol. The molecule has 0 bridgehead atoms. The van der Waals surface area contributed by atoms with Crippen LogP contribution in [0.1, 0.15) is 56.2 Å². The third kappa shape index (κ3) is 4.06. The zero-order valence-corrected chi connectivity index (χ0v) is 25.7. The van der Waals surface area contributed by atoms with Crippen molar-refractivity contribution in [1.82, 2.24) is 0 Å². The van der Waals surface area contributed by atoms with E-state index in [1.165, 1.54) is 65.6 Å². The number of nitrogens with zero attached hydrogens (tertiary/aromatic N) is 1. The largest absolute Gasteiger partial charge is 0.308 e. The lowest BCUT2D eigenvalue weighted by molar-refractivity contribution is 0.867. The first-order valence-electron chi connectivity index (χ1n) is 14.4. The van der Waals surface area contributed by atoms with Crippen LogP contribution in [0.5, 0.6) is 0 Å². The summed E-state index contributed by atoms with van der Waals surface area (Å²) in [7, 11) is -1.39. The predicted octanol–water partition coefficient (Wildman–Crippen LogP) is 7.85. The lowest BCUT2D eigenvalue weighted by Gasteiger charge is -2.45. The molecule has 0 spiro atoms. The highest BCUT2D eigenvalue weighted by Crippen LogP contribution is 2.55. The second-order valence-corrected chi connectivity index (χ2v) is 15.9. The van der Waals surface area contributed by atoms with Crippen molar-refractivity contribution in [2.45, 2.75) is 46.5 Å². The van der Waals surface area contributed by atoms with E-state index in [9.17, 15) is 0 Å². The van der Waals surface area contributed by atoms with E-state index in [0.717, 1.165) is 0 Å². The zero-order chi connectivity index (χ0) is 27.5. The lowest BCUT2D eigenvalue weighted by atomic mass is 10.0. The summed E-state index contributed by atoms with van der Waals surface area (Å²) >= 11 is 0. The Balaban J connectivity index is 1.60. The van der Waals surface area contributed by atoms with Crippen LogP contribution in [0.25, 0.3) is 0 Å². The van der Waals surface area contributed by atoms with Gasteiger partial charge in [-0.3, -0.25) is 0 Å². The summed E-state index contributed by atoms with van der Waals surface area (Å²) in [6.45, 7) is 11.5. The Morgan fingerprint density at radius 2 is 0.925 bits per heavy atom. The third-order valence-corrected chi connectivity index (χ3v) is 13.2. The van der Waals surface area contributed by atoms with Crippen LogP contribution in [-0.4, -0.2) is 0 Å². The van der Waals surface area contributed by atoms with E-state index in [4.69, 9.17) is 0 Å². The first-order valence-corrected chi connectivity index (χ1v) is 17.0. The summed E-state index contributed by atoms with van der Waals surface area (Å²) < 4.78 is 0. The Morgan fingerprint density at radius 1 is 0.500 bits per heavy atom. The summed E-state index contributed by atoms with van der Waals surface area (Å²) in [5.74, 6) is 0.973. The number of rotatable bonds is 4. The Bertz CT molecular complexity index is 1600. The molecule has 5 aromatic rings. The van der Waals surface area contributed by atoms with Gasteiger partial charge >= 0.3 is 0 Å². The minimum atomic E-state index is -0.695. The number of benzene rings is 5. The minimum Gasteiger partial charge on any atom is -0.308 e. The molecule has 0 radical (unpaired) electrons. The van der Waals surface area contributed by atoms with Crippen LogP contribution in [0.3, 0.4) is 0 Å². The fourth-order valence-electron chi connectivity index (χ4n) is 6.19. The zero-order valence-electron chi connectivity index (χ0n) is 23.9. The van der Waals surface area contributed by atoms with Crippen molar-refractivity contribution in [3.05, 3.63) is 126 Å². The van der Waals surface area contributed by atoms with Gasteiger partial charge < -0.3 is 4.90 Å². The molecule has 0 saturated carbocycles. The lowest BCUT2D eigenvalue weighted by Crippen LogP contribution is -2.43. The normalized spacial score (nSPS) is 17.0. The molecule has 2 heterocycles. The van der Waals surface area contributed by atoms with Gasteiger partial charge in [0, 0.05) is 21.2 Å². The molecule has 2 atom stereocenters. The van der Waals surface area contributed by atoms with Crippen LogP contribution in [-0.2, 0) is 0 Å². The maximum absolute atomic E-state index is 2.62. The quantitative estimate of drug-likeness (QED) is 0.200. The molecular formula is C37H35NP2. The average molecular weight is 556 g/mol. The van der Waals surface area contributed by atoms with Gasteiger partial charge in [-0.1, -0.05) is 100 Å². The number of hydrogen-bond donors (Lipinski definition) is 0. The van der Waals surface area contributed by atoms with Crippen molar-refractivity contribution in [2.75, 3.05) is 4.90 Å². The molecule has 0 amide bonds. The Labute approximate surface area is 241 Å². The van der Waals surface area contributed by atoms with Gasteiger partial charge in [0.15, 0.2) is 0 Å². The van der Waals surface area contributed by atoms with Crippen LogP contribution in [0.2, 0.25) is 0 Å². The number of aryl methyl sites for hydroxylation is 1. The van der Waals surface area contributed by atoms with Gasteiger partial charge in [-0.15, -0.1) is 0 Å². The third-order valence-electron chi connectivity index (χ3n) is 8.24. The molecule has 2 aliphatic heterocycles. The van der Waals surface area contributed by atoms with Gasteiger partial charge in [0.2, 0.25) is 0 Å². The fourth-order valence-corrected chi connectivity index (χ4v) is 11.7. The van der Waals surface area contributed by atoms with E-state index in [-0.39, 0.29) is 0 Å². The van der Waals surface area contributed by atoms with Gasteiger partial charge in [0.05, 0.1) is 17.1 Å². The van der Waals surface area contributed by atoms with Crippen molar-refractivity contribution in [3.63, 3.8) is 0 Å². The van der Waals surface area contributed by atoms with Crippen molar-refractivity contribution >= 4 is 64.7 Å². The van der Waals surface area contributed by atoms with E-state index in [1.807, 2.05) is 0 Å². The predicted molar refractivity (Wildman–Crippen MR) is 179 cm³/mol. The molecule has 5 aromatic carbocycles. The second kappa shape index (κ2) is 9.99. The number of hydrogen-bond acceptors (Lipinski definition) is 1. The van der Waals surface area contributed by atoms with Crippen LogP contribution < -0.4 is 36.7 Å². The van der Waals surface area contributed by atoms with Crippen LogP contribution in [0.15, 0.2) is 109 Å². The summed E-state index contributed by atoms with van der Waals surface area (Å²) in [4.78, 5) is 2.62. The molecule has 2 aliphatic rings.